The fourth-order valence-corrected chi connectivity index (χ4v) is 8.29. The zero-order valence-electron chi connectivity index (χ0n) is 48.8. The van der Waals surface area contributed by atoms with Gasteiger partial charge in [0.1, 0.15) is 54.4 Å². The fraction of sp³-hybridized carbons (Fsp3) is 0.254. The molecule has 0 aliphatic heterocycles. The van der Waals surface area contributed by atoms with Crippen molar-refractivity contribution in [3.63, 3.8) is 0 Å². The number of aromatic nitrogens is 8. The Hall–Kier alpha value is -9.94. The molecule has 11 aromatic rings. The maximum Gasteiger partial charge on any atom is 0.309 e. The number of ether oxygens (including phenoxy) is 3. The number of Topliss-reactive ketones (excluding diaryl/α,β-unsaturated/α-hetero) is 2. The van der Waals surface area contributed by atoms with Crippen LogP contribution in [0.1, 0.15) is 95.4 Å². The van der Waals surface area contributed by atoms with E-state index in [0.29, 0.717) is 37.7 Å². The van der Waals surface area contributed by atoms with Crippen LogP contribution in [0.3, 0.4) is 0 Å². The Morgan fingerprint density at radius 2 is 0.835 bits per heavy atom. The number of benzene rings is 7. The Morgan fingerprint density at radius 1 is 0.506 bits per heavy atom. The van der Waals surface area contributed by atoms with Gasteiger partial charge in [0.25, 0.3) is 0 Å². The van der Waals surface area contributed by atoms with Gasteiger partial charge >= 0.3 is 5.97 Å². The second kappa shape index (κ2) is 33.9. The van der Waals surface area contributed by atoms with Crippen LogP contribution in [0.4, 0.5) is 0 Å². The van der Waals surface area contributed by atoms with Gasteiger partial charge in [0, 0.05) is 71.0 Å². The third-order valence-electron chi connectivity index (χ3n) is 12.3. The number of aromatic hydroxyl groups is 1. The number of aliphatic carboxylic acids is 1. The van der Waals surface area contributed by atoms with Crippen molar-refractivity contribution in [1.82, 2.24) is 40.8 Å². The first-order valence-electron chi connectivity index (χ1n) is 27.5. The van der Waals surface area contributed by atoms with Crippen molar-refractivity contribution in [2.45, 2.75) is 107 Å². The molecule has 4 aromatic heterocycles. The Morgan fingerprint density at radius 3 is 1.18 bits per heavy atom. The van der Waals surface area contributed by atoms with Gasteiger partial charge in [-0.05, 0) is 124 Å². The summed E-state index contributed by atoms with van der Waals surface area (Å²) in [5, 5.41) is 50.4. The number of H-pyrrole nitrogens is 4. The number of fused-ring (bicyclic) bond motifs is 4. The molecule has 7 aromatic carbocycles. The van der Waals surface area contributed by atoms with Crippen molar-refractivity contribution >= 4 is 66.9 Å². The Labute approximate surface area is 495 Å². The minimum absolute atomic E-state index is 0. The molecule has 1 atom stereocenters. The molecular weight excluding hydrogens is 1070 g/mol. The van der Waals surface area contributed by atoms with Crippen LogP contribution in [0.2, 0.25) is 0 Å². The quantitative estimate of drug-likeness (QED) is 0.0419. The van der Waals surface area contributed by atoms with E-state index >= 15 is 0 Å². The molecule has 444 valence electrons. The molecule has 8 N–H and O–H groups in total. The van der Waals surface area contributed by atoms with Crippen LogP contribution in [-0.4, -0.2) is 87.3 Å². The van der Waals surface area contributed by atoms with Gasteiger partial charge in [0.05, 0.1) is 39.9 Å². The summed E-state index contributed by atoms with van der Waals surface area (Å²) in [7, 11) is 1.81. The highest BCUT2D eigenvalue weighted by atomic mass is 16.5. The van der Waals surface area contributed by atoms with Crippen molar-refractivity contribution in [3.8, 4) is 23.0 Å². The van der Waals surface area contributed by atoms with Crippen LogP contribution in [0.25, 0.3) is 43.6 Å². The maximum absolute atomic E-state index is 11.3. The molecule has 0 bridgehead atoms. The van der Waals surface area contributed by atoms with Crippen LogP contribution >= 0.6 is 0 Å². The first-order chi connectivity index (χ1) is 40.6. The normalized spacial score (nSPS) is 10.9. The van der Waals surface area contributed by atoms with Crippen molar-refractivity contribution in [2.75, 3.05) is 7.05 Å². The number of aliphatic imine (C=N–C) groups is 1. The molecule has 0 aliphatic rings. The summed E-state index contributed by atoms with van der Waals surface area (Å²) >= 11 is 0. The number of nitrogens with one attached hydrogen (secondary N) is 4. The lowest BCUT2D eigenvalue weighted by atomic mass is 10.1. The van der Waals surface area contributed by atoms with E-state index in [1.807, 2.05) is 168 Å². The average Bonchev–Trinajstić information content (AvgIpc) is 3.91. The SMILES string of the molecule is C.CC.CC(=O)Cc1[nH]nc2ccc(OCc3ccccc3)cc12.CC(C)=O.CC(N)Cc1[nH]nc2ccc(O)cc12.CN=C(C)Cc1[nH]nc2ccc(OCc3ccccc3)cc12.O=C(O)Cc1[nH]nc2ccc(OCc3ccccc3)cc12. The number of rotatable bonds is 17. The van der Waals surface area contributed by atoms with Gasteiger partial charge in [-0.2, -0.15) is 20.4 Å². The summed E-state index contributed by atoms with van der Waals surface area (Å²) in [5.41, 5.74) is 17.0. The smallest absolute Gasteiger partial charge is 0.309 e. The van der Waals surface area contributed by atoms with E-state index in [2.05, 4.69) is 57.9 Å². The molecule has 0 fully saturated rings. The largest absolute Gasteiger partial charge is 0.508 e. The molecular formula is C67H78N10O8. The van der Waals surface area contributed by atoms with E-state index < -0.39 is 5.97 Å². The number of carboxylic acid groups (broad SMARTS) is 1. The van der Waals surface area contributed by atoms with E-state index in [1.165, 1.54) is 13.8 Å². The predicted octanol–water partition coefficient (Wildman–Crippen LogP) is 13.2. The number of hydrogen-bond acceptors (Lipinski definition) is 13. The van der Waals surface area contributed by atoms with Gasteiger partial charge in [0.15, 0.2) is 0 Å². The van der Waals surface area contributed by atoms with Crippen LogP contribution in [0.5, 0.6) is 23.0 Å². The van der Waals surface area contributed by atoms with Gasteiger partial charge in [0.2, 0.25) is 0 Å². The minimum atomic E-state index is -0.892. The topological polar surface area (TPSA) is 272 Å². The first-order valence-corrected chi connectivity index (χ1v) is 27.5. The third-order valence-corrected chi connectivity index (χ3v) is 12.3. The summed E-state index contributed by atoms with van der Waals surface area (Å²) < 4.78 is 17.4. The number of nitrogens with zero attached hydrogens (tertiary/aromatic N) is 5. The number of phenols is 1. The molecule has 11 rings (SSSR count). The zero-order valence-corrected chi connectivity index (χ0v) is 48.8. The molecule has 0 radical (unpaired) electrons. The van der Waals surface area contributed by atoms with E-state index in [9.17, 15) is 19.5 Å². The lowest BCUT2D eigenvalue weighted by Gasteiger charge is -2.06. The van der Waals surface area contributed by atoms with Crippen molar-refractivity contribution in [1.29, 1.82) is 0 Å². The van der Waals surface area contributed by atoms with Gasteiger partial charge in [-0.3, -0.25) is 35.0 Å². The zero-order chi connectivity index (χ0) is 60.4. The van der Waals surface area contributed by atoms with Gasteiger partial charge in [-0.15, -0.1) is 0 Å². The second-order valence-corrected chi connectivity index (χ2v) is 19.5. The second-order valence-electron chi connectivity index (χ2n) is 19.5. The molecule has 0 aliphatic carbocycles. The van der Waals surface area contributed by atoms with Crippen LogP contribution < -0.4 is 19.9 Å². The number of hydrogen-bond donors (Lipinski definition) is 7. The van der Waals surface area contributed by atoms with Crippen molar-refractivity contribution < 1.29 is 38.8 Å². The number of nitrogens with two attached hydrogens (primary N) is 1. The standard InChI is InChI=1S/C18H19N3O.C17H16N2O2.C16H14N2O3.C10H13N3O.C3H6O.C2H6.CH4/c1-13(19-2)10-18-16-11-15(8-9-17(16)20-21-18)22-12-14-6-4-3-5-7-14;1-12(20)9-17-15-10-14(7-8-16(15)18-19-17)21-11-13-5-3-2-4-6-13;19-16(20)9-15-13-8-12(6-7-14(13)17-18-15)21-10-11-4-2-1-3-5-11;1-6(11)4-10-8-5-7(14)2-3-9(8)12-13-10;1-3(2)4;1-2;/h3-9,11H,10,12H2,1-2H3,(H,20,21);2-8,10H,9,11H2,1H3,(H,18,19);1-8H,9-10H2,(H,17,18)(H,19,20);2-3,5-6,14H,4,11H2,1H3,(H,12,13);1-2H3;1-2H3;1H4. The van der Waals surface area contributed by atoms with E-state index in [-0.39, 0.29) is 37.2 Å². The molecule has 1 unspecified atom stereocenters. The third kappa shape index (κ3) is 21.1. The molecule has 85 heavy (non-hydrogen) atoms. The van der Waals surface area contributed by atoms with Gasteiger partial charge < -0.3 is 35.0 Å². The van der Waals surface area contributed by atoms with E-state index in [1.54, 1.807) is 25.1 Å². The van der Waals surface area contributed by atoms with Crippen LogP contribution in [0.15, 0.2) is 169 Å². The highest BCUT2D eigenvalue weighted by molar-refractivity contribution is 5.91. The summed E-state index contributed by atoms with van der Waals surface area (Å²) in [6, 6.07) is 52.4. The monoisotopic (exact) mass is 1150 g/mol. The molecule has 0 spiro atoms. The summed E-state index contributed by atoms with van der Waals surface area (Å²) in [4.78, 5) is 35.7. The predicted molar refractivity (Wildman–Crippen MR) is 339 cm³/mol. The fourth-order valence-electron chi connectivity index (χ4n) is 8.29. The number of carboxylic acids is 1. The molecule has 0 amide bonds. The Bertz CT molecular complexity index is 3710. The molecule has 4 heterocycles. The van der Waals surface area contributed by atoms with Crippen molar-refractivity contribution in [2.24, 2.45) is 10.7 Å². The summed E-state index contributed by atoms with van der Waals surface area (Å²) in [6.07, 6.45) is 1.78. The average molecular weight is 1150 g/mol. The summed E-state index contributed by atoms with van der Waals surface area (Å²) in [6.45, 7) is 14.1. The van der Waals surface area contributed by atoms with Crippen LogP contribution in [0, 0.1) is 0 Å². The highest BCUT2D eigenvalue weighted by Gasteiger charge is 2.13. The number of aromatic amines is 4. The Balaban J connectivity index is 0.000000202. The maximum atomic E-state index is 11.3. The van der Waals surface area contributed by atoms with Gasteiger partial charge in [-0.25, -0.2) is 0 Å². The van der Waals surface area contributed by atoms with Crippen LogP contribution in [-0.2, 0) is 59.9 Å². The molecule has 0 saturated heterocycles. The lowest BCUT2D eigenvalue weighted by Crippen LogP contribution is -2.18. The number of carbonyl (C=O) groups excluding carboxylic acids is 2. The number of carbonyl (C=O) groups is 3. The molecule has 0 saturated carbocycles. The Kier molecular flexibility index (Phi) is 26.2. The van der Waals surface area contributed by atoms with Crippen molar-refractivity contribution in [3.05, 3.63) is 203 Å². The summed E-state index contributed by atoms with van der Waals surface area (Å²) in [5.74, 6) is 1.96. The highest BCUT2D eigenvalue weighted by Crippen LogP contribution is 2.27. The van der Waals surface area contributed by atoms with E-state index in [0.717, 1.165) is 107 Å². The first kappa shape index (κ1) is 65.9. The molecule has 18 nitrogen and oxygen atoms in total. The molecule has 18 heteroatoms. The number of ketones is 2. The van der Waals surface area contributed by atoms with Gasteiger partial charge in [-0.1, -0.05) is 112 Å². The van der Waals surface area contributed by atoms with E-state index in [4.69, 9.17) is 25.1 Å². The minimum Gasteiger partial charge on any atom is -0.508 e. The lowest BCUT2D eigenvalue weighted by molar-refractivity contribution is -0.136. The number of phenolic OH excluding ortho intramolecular Hbond substituents is 1.